The first kappa shape index (κ1) is 17.4. The maximum atomic E-state index is 10.6. The Balaban J connectivity index is 1.27. The summed E-state index contributed by atoms with van der Waals surface area (Å²) in [5, 5.41) is 10.6. The van der Waals surface area contributed by atoms with Crippen molar-refractivity contribution in [1.82, 2.24) is 0 Å². The molecule has 4 aliphatic carbocycles. The number of aliphatic hydroxyl groups is 1. The zero-order chi connectivity index (χ0) is 18.6. The summed E-state index contributed by atoms with van der Waals surface area (Å²) in [5.41, 5.74) is 1.87. The van der Waals surface area contributed by atoms with Crippen LogP contribution in [0.3, 0.4) is 0 Å². The van der Waals surface area contributed by atoms with E-state index < -0.39 is 5.79 Å². The Morgan fingerprint density at radius 1 is 1.04 bits per heavy atom. The number of aliphatic hydroxyl groups excluding tert-OH is 1. The van der Waals surface area contributed by atoms with Gasteiger partial charge in [-0.2, -0.15) is 0 Å². The molecule has 0 radical (unpaired) electrons. The monoisotopic (exact) mass is 374 g/mol. The molecule has 1 N–H and O–H groups in total. The molecule has 2 saturated heterocycles. The van der Waals surface area contributed by atoms with Crippen molar-refractivity contribution in [3.8, 4) is 0 Å². The van der Waals surface area contributed by atoms with Gasteiger partial charge in [0.25, 0.3) is 0 Å². The molecule has 0 bridgehead atoms. The Labute approximate surface area is 162 Å². The molecule has 0 aromatic rings. The minimum atomic E-state index is -0.485. The van der Waals surface area contributed by atoms with Crippen molar-refractivity contribution in [3.63, 3.8) is 0 Å². The number of hydrogen-bond acceptors (Lipinski definition) is 4. The lowest BCUT2D eigenvalue weighted by Gasteiger charge is -2.53. The van der Waals surface area contributed by atoms with E-state index in [9.17, 15) is 5.11 Å². The summed E-state index contributed by atoms with van der Waals surface area (Å²) >= 11 is 0. The maximum Gasteiger partial charge on any atom is 0.197 e. The van der Waals surface area contributed by atoms with Gasteiger partial charge in [-0.05, 0) is 49.9 Å². The molecular formula is C23H34O4. The van der Waals surface area contributed by atoms with Crippen LogP contribution in [0.4, 0.5) is 0 Å². The van der Waals surface area contributed by atoms with Crippen LogP contribution < -0.4 is 0 Å². The molecule has 4 unspecified atom stereocenters. The van der Waals surface area contributed by atoms with Gasteiger partial charge >= 0.3 is 0 Å². The molecule has 0 aromatic carbocycles. The molecule has 3 saturated carbocycles. The van der Waals surface area contributed by atoms with E-state index in [0.717, 1.165) is 32.5 Å². The highest BCUT2D eigenvalue weighted by molar-refractivity contribution is 5.29. The summed E-state index contributed by atoms with van der Waals surface area (Å²) in [6.07, 6.45) is 9.51. The van der Waals surface area contributed by atoms with Crippen molar-refractivity contribution in [3.05, 3.63) is 11.6 Å². The molecule has 8 atom stereocenters. The number of allylic oxidation sites excluding steroid dienone is 1. The van der Waals surface area contributed by atoms with Crippen LogP contribution in [0.15, 0.2) is 11.6 Å². The predicted octanol–water partition coefficient (Wildman–Crippen LogP) is 3.68. The van der Waals surface area contributed by atoms with Gasteiger partial charge in [0.1, 0.15) is 6.10 Å². The van der Waals surface area contributed by atoms with E-state index in [0.29, 0.717) is 23.7 Å². The SMILES string of the molecule is CC1(C)COC2(CC3CC[C@@H]4C(=CC[C@]5(C)C(O)CC[C@@H]45)[C@@H]3C3OC32)OC1. The summed E-state index contributed by atoms with van der Waals surface area (Å²) in [5.74, 6) is 2.01. The minimum Gasteiger partial charge on any atom is -0.393 e. The first-order valence-corrected chi connectivity index (χ1v) is 11.1. The third kappa shape index (κ3) is 2.30. The number of epoxide rings is 1. The molecular weight excluding hydrogens is 340 g/mol. The van der Waals surface area contributed by atoms with Gasteiger partial charge in [-0.25, -0.2) is 0 Å². The van der Waals surface area contributed by atoms with Crippen LogP contribution in [-0.4, -0.2) is 42.4 Å². The first-order valence-electron chi connectivity index (χ1n) is 11.1. The van der Waals surface area contributed by atoms with E-state index in [4.69, 9.17) is 14.2 Å². The zero-order valence-electron chi connectivity index (χ0n) is 16.9. The average Bonchev–Trinajstić information content (AvgIpc) is 3.39. The standard InChI is InChI=1S/C23H34O4/c1-21(2)11-25-23(26-12-21)10-13-4-5-14-15(18(13)19-20(23)27-19)8-9-22(3)16(14)6-7-17(22)24/h8,13-14,16-20,24H,4-7,9-12H2,1-3H3/t13?,14-,16+,17?,18-,19?,20?,22+/m1/s1. The highest BCUT2D eigenvalue weighted by Gasteiger charge is 2.69. The van der Waals surface area contributed by atoms with E-state index in [2.05, 4.69) is 26.8 Å². The van der Waals surface area contributed by atoms with Gasteiger partial charge in [0.05, 0.1) is 25.4 Å². The Kier molecular flexibility index (Phi) is 3.48. The zero-order valence-corrected chi connectivity index (χ0v) is 16.9. The highest BCUT2D eigenvalue weighted by Crippen LogP contribution is 2.64. The molecule has 4 heteroatoms. The highest BCUT2D eigenvalue weighted by atomic mass is 16.8. The van der Waals surface area contributed by atoms with Gasteiger partial charge in [-0.15, -0.1) is 0 Å². The lowest BCUT2D eigenvalue weighted by atomic mass is 9.54. The van der Waals surface area contributed by atoms with E-state index in [1.54, 1.807) is 5.57 Å². The van der Waals surface area contributed by atoms with Crippen molar-refractivity contribution in [2.75, 3.05) is 13.2 Å². The molecule has 5 fully saturated rings. The quantitative estimate of drug-likeness (QED) is 0.519. The van der Waals surface area contributed by atoms with Gasteiger partial charge in [-0.1, -0.05) is 32.4 Å². The number of hydrogen-bond donors (Lipinski definition) is 1. The third-order valence-corrected chi connectivity index (χ3v) is 9.07. The van der Waals surface area contributed by atoms with Crippen LogP contribution in [-0.2, 0) is 14.2 Å². The van der Waals surface area contributed by atoms with Crippen molar-refractivity contribution in [2.45, 2.75) is 83.4 Å². The molecule has 27 heavy (non-hydrogen) atoms. The summed E-state index contributed by atoms with van der Waals surface area (Å²) in [6.45, 7) is 8.28. The van der Waals surface area contributed by atoms with Crippen LogP contribution in [0.2, 0.25) is 0 Å². The fraction of sp³-hybridized carbons (Fsp3) is 0.913. The van der Waals surface area contributed by atoms with E-state index in [1.807, 2.05) is 0 Å². The second-order valence-corrected chi connectivity index (χ2v) is 11.4. The third-order valence-electron chi connectivity index (χ3n) is 9.07. The lowest BCUT2D eigenvalue weighted by molar-refractivity contribution is -0.318. The van der Waals surface area contributed by atoms with E-state index in [-0.39, 0.29) is 29.1 Å². The molecule has 2 heterocycles. The van der Waals surface area contributed by atoms with Crippen LogP contribution in [0.25, 0.3) is 0 Å². The molecule has 4 nitrogen and oxygen atoms in total. The topological polar surface area (TPSA) is 51.2 Å². The number of ether oxygens (including phenoxy) is 3. The van der Waals surface area contributed by atoms with Crippen LogP contribution >= 0.6 is 0 Å². The Morgan fingerprint density at radius 2 is 1.81 bits per heavy atom. The van der Waals surface area contributed by atoms with Crippen LogP contribution in [0.5, 0.6) is 0 Å². The minimum absolute atomic E-state index is 0.0991. The Hall–Kier alpha value is -0.420. The smallest absolute Gasteiger partial charge is 0.197 e. The van der Waals surface area contributed by atoms with Crippen molar-refractivity contribution in [2.24, 2.45) is 34.5 Å². The second kappa shape index (κ2) is 5.38. The fourth-order valence-electron chi connectivity index (χ4n) is 7.43. The lowest BCUT2D eigenvalue weighted by Crippen LogP contribution is -2.57. The molecule has 1 spiro atoms. The van der Waals surface area contributed by atoms with Gasteiger partial charge in [0, 0.05) is 23.2 Å². The number of fused-ring (bicyclic) bond motifs is 8. The molecule has 6 aliphatic rings. The van der Waals surface area contributed by atoms with Crippen molar-refractivity contribution >= 4 is 0 Å². The average molecular weight is 375 g/mol. The molecule has 6 rings (SSSR count). The summed E-state index contributed by atoms with van der Waals surface area (Å²) in [7, 11) is 0. The predicted molar refractivity (Wildman–Crippen MR) is 101 cm³/mol. The Bertz CT molecular complexity index is 674. The largest absolute Gasteiger partial charge is 0.393 e. The maximum absolute atomic E-state index is 10.6. The summed E-state index contributed by atoms with van der Waals surface area (Å²) in [6, 6.07) is 0. The normalized spacial score (nSPS) is 54.4. The molecule has 0 aromatic heterocycles. The summed E-state index contributed by atoms with van der Waals surface area (Å²) < 4.78 is 19.0. The van der Waals surface area contributed by atoms with Crippen molar-refractivity contribution < 1.29 is 19.3 Å². The van der Waals surface area contributed by atoms with Gasteiger partial charge in [0.15, 0.2) is 5.79 Å². The van der Waals surface area contributed by atoms with Crippen molar-refractivity contribution in [1.29, 1.82) is 0 Å². The van der Waals surface area contributed by atoms with Gasteiger partial charge in [-0.3, -0.25) is 0 Å². The van der Waals surface area contributed by atoms with E-state index >= 15 is 0 Å². The van der Waals surface area contributed by atoms with Gasteiger partial charge in [0.2, 0.25) is 0 Å². The van der Waals surface area contributed by atoms with Crippen LogP contribution in [0, 0.1) is 34.5 Å². The number of rotatable bonds is 0. The first-order chi connectivity index (χ1) is 12.8. The summed E-state index contributed by atoms with van der Waals surface area (Å²) in [4.78, 5) is 0. The molecule has 150 valence electrons. The van der Waals surface area contributed by atoms with E-state index in [1.165, 1.54) is 19.3 Å². The van der Waals surface area contributed by atoms with Gasteiger partial charge < -0.3 is 19.3 Å². The van der Waals surface area contributed by atoms with Crippen LogP contribution in [0.1, 0.15) is 59.3 Å². The fourth-order valence-corrected chi connectivity index (χ4v) is 7.43. The molecule has 0 amide bonds. The molecule has 2 aliphatic heterocycles. The second-order valence-electron chi connectivity index (χ2n) is 11.4. The Morgan fingerprint density at radius 3 is 2.59 bits per heavy atom.